The van der Waals surface area contributed by atoms with Crippen molar-refractivity contribution in [3.8, 4) is 28.3 Å². The first-order valence-corrected chi connectivity index (χ1v) is 10.7. The van der Waals surface area contributed by atoms with Crippen molar-refractivity contribution in [1.82, 2.24) is 24.6 Å². The minimum absolute atomic E-state index is 0.180. The molecule has 1 aliphatic rings. The van der Waals surface area contributed by atoms with E-state index in [-0.39, 0.29) is 11.9 Å². The predicted octanol–water partition coefficient (Wildman–Crippen LogP) is 3.82. The van der Waals surface area contributed by atoms with Crippen molar-refractivity contribution in [2.45, 2.75) is 32.4 Å². The Balaban J connectivity index is 1.55. The van der Waals surface area contributed by atoms with Crippen LogP contribution in [-0.2, 0) is 6.54 Å². The molecule has 4 aromatic rings. The zero-order valence-corrected chi connectivity index (χ0v) is 18.3. The third-order valence-electron chi connectivity index (χ3n) is 5.75. The van der Waals surface area contributed by atoms with Gasteiger partial charge in [-0.05, 0) is 37.5 Å². The van der Waals surface area contributed by atoms with Crippen molar-refractivity contribution in [2.75, 3.05) is 14.2 Å². The SMILES string of the molecule is CCn1cc(-c2ccc3c(c2)ncn3-c2cc(OC)c(C(=O)NC3CC3)c(OC)c2)cn1. The maximum Gasteiger partial charge on any atom is 0.259 e. The van der Waals surface area contributed by atoms with E-state index in [0.29, 0.717) is 17.1 Å². The van der Waals surface area contributed by atoms with E-state index in [0.717, 1.165) is 47.2 Å². The molecule has 2 aromatic heterocycles. The van der Waals surface area contributed by atoms with Gasteiger partial charge in [0, 0.05) is 36.5 Å². The maximum absolute atomic E-state index is 12.8. The highest BCUT2D eigenvalue weighted by atomic mass is 16.5. The molecule has 2 aromatic carbocycles. The summed E-state index contributed by atoms with van der Waals surface area (Å²) in [6.07, 6.45) is 7.68. The van der Waals surface area contributed by atoms with Gasteiger partial charge in [-0.2, -0.15) is 5.10 Å². The number of methoxy groups -OCH3 is 2. The molecule has 164 valence electrons. The Morgan fingerprint density at radius 2 is 1.88 bits per heavy atom. The lowest BCUT2D eigenvalue weighted by atomic mass is 10.1. The number of carbonyl (C=O) groups is 1. The van der Waals surface area contributed by atoms with Crippen LogP contribution >= 0.6 is 0 Å². The maximum atomic E-state index is 12.8. The fraction of sp³-hybridized carbons (Fsp3) is 0.292. The molecular formula is C24H25N5O3. The van der Waals surface area contributed by atoms with Gasteiger partial charge in [0.2, 0.25) is 0 Å². The van der Waals surface area contributed by atoms with Crippen LogP contribution in [0.25, 0.3) is 27.8 Å². The lowest BCUT2D eigenvalue weighted by Crippen LogP contribution is -2.26. The summed E-state index contributed by atoms with van der Waals surface area (Å²) in [4.78, 5) is 17.4. The Bertz CT molecular complexity index is 1280. The average Bonchev–Trinajstić information content (AvgIpc) is 3.34. The second-order valence-corrected chi connectivity index (χ2v) is 7.88. The summed E-state index contributed by atoms with van der Waals surface area (Å²) < 4.78 is 15.0. The van der Waals surface area contributed by atoms with Gasteiger partial charge in [-0.3, -0.25) is 14.0 Å². The molecule has 0 aliphatic heterocycles. The summed E-state index contributed by atoms with van der Waals surface area (Å²) in [5.74, 6) is 0.742. The normalized spacial score (nSPS) is 13.3. The first-order chi connectivity index (χ1) is 15.6. The van der Waals surface area contributed by atoms with Crippen LogP contribution in [0.1, 0.15) is 30.1 Å². The zero-order valence-electron chi connectivity index (χ0n) is 18.3. The molecule has 8 heteroatoms. The smallest absolute Gasteiger partial charge is 0.259 e. The van der Waals surface area contributed by atoms with E-state index in [4.69, 9.17) is 9.47 Å². The standard InChI is InChI=1S/C24H25N5O3/c1-4-28-13-16(12-26-28)15-5-8-20-19(9-15)25-14-29(20)18-10-21(31-2)23(22(11-18)32-3)24(30)27-17-6-7-17/h5,8-14,17H,4,6-7H2,1-3H3,(H,27,30). The number of nitrogens with zero attached hydrogens (tertiary/aromatic N) is 4. The molecule has 0 atom stereocenters. The van der Waals surface area contributed by atoms with Gasteiger partial charge in [0.25, 0.3) is 5.91 Å². The second-order valence-electron chi connectivity index (χ2n) is 7.88. The highest BCUT2D eigenvalue weighted by molar-refractivity contribution is 6.00. The van der Waals surface area contributed by atoms with Gasteiger partial charge in [-0.1, -0.05) is 6.07 Å². The number of ether oxygens (including phenoxy) is 2. The highest BCUT2D eigenvalue weighted by Crippen LogP contribution is 2.34. The Labute approximate surface area is 185 Å². The Hall–Kier alpha value is -3.81. The van der Waals surface area contributed by atoms with E-state index in [1.165, 1.54) is 0 Å². The number of hydrogen-bond donors (Lipinski definition) is 1. The van der Waals surface area contributed by atoms with Crippen LogP contribution in [0, 0.1) is 0 Å². The van der Waals surface area contributed by atoms with Crippen LogP contribution in [0.5, 0.6) is 11.5 Å². The molecule has 1 amide bonds. The van der Waals surface area contributed by atoms with Crippen LogP contribution in [0.3, 0.4) is 0 Å². The molecule has 1 fully saturated rings. The largest absolute Gasteiger partial charge is 0.496 e. The number of benzene rings is 2. The van der Waals surface area contributed by atoms with Gasteiger partial charge < -0.3 is 14.8 Å². The van der Waals surface area contributed by atoms with E-state index in [9.17, 15) is 4.79 Å². The van der Waals surface area contributed by atoms with Gasteiger partial charge in [0.05, 0.1) is 37.1 Å². The summed E-state index contributed by atoms with van der Waals surface area (Å²) in [5.41, 5.74) is 5.12. The first kappa shape index (κ1) is 20.1. The fourth-order valence-corrected chi connectivity index (χ4v) is 3.83. The van der Waals surface area contributed by atoms with Crippen molar-refractivity contribution in [3.63, 3.8) is 0 Å². The quantitative estimate of drug-likeness (QED) is 0.481. The molecule has 0 bridgehead atoms. The molecule has 0 radical (unpaired) electrons. The average molecular weight is 431 g/mol. The molecule has 5 rings (SSSR count). The molecule has 2 heterocycles. The number of amides is 1. The van der Waals surface area contributed by atoms with Crippen molar-refractivity contribution in [3.05, 3.63) is 54.6 Å². The number of fused-ring (bicyclic) bond motifs is 1. The molecule has 0 unspecified atom stereocenters. The van der Waals surface area contributed by atoms with Crippen molar-refractivity contribution < 1.29 is 14.3 Å². The van der Waals surface area contributed by atoms with E-state index in [1.54, 1.807) is 20.5 Å². The summed E-state index contributed by atoms with van der Waals surface area (Å²) in [7, 11) is 3.11. The summed E-state index contributed by atoms with van der Waals surface area (Å²) >= 11 is 0. The third-order valence-corrected chi connectivity index (χ3v) is 5.75. The number of nitrogens with one attached hydrogen (secondary N) is 1. The van der Waals surface area contributed by atoms with Gasteiger partial charge in [0.1, 0.15) is 23.4 Å². The second kappa shape index (κ2) is 8.03. The molecule has 32 heavy (non-hydrogen) atoms. The lowest BCUT2D eigenvalue weighted by Gasteiger charge is -2.16. The summed E-state index contributed by atoms with van der Waals surface area (Å²) in [5, 5.41) is 7.36. The van der Waals surface area contributed by atoms with Crippen LogP contribution in [0.2, 0.25) is 0 Å². The number of rotatable bonds is 7. The number of hydrogen-bond acceptors (Lipinski definition) is 5. The number of aryl methyl sites for hydroxylation is 1. The van der Waals surface area contributed by atoms with Crippen molar-refractivity contribution in [1.29, 1.82) is 0 Å². The lowest BCUT2D eigenvalue weighted by molar-refractivity contribution is 0.0945. The number of carbonyl (C=O) groups excluding carboxylic acids is 1. The monoisotopic (exact) mass is 431 g/mol. The van der Waals surface area contributed by atoms with Gasteiger partial charge in [-0.15, -0.1) is 0 Å². The molecular weight excluding hydrogens is 406 g/mol. The predicted molar refractivity (Wildman–Crippen MR) is 122 cm³/mol. The Morgan fingerprint density at radius 3 is 2.50 bits per heavy atom. The van der Waals surface area contributed by atoms with Crippen LogP contribution < -0.4 is 14.8 Å². The Kier molecular flexibility index (Phi) is 5.05. The van der Waals surface area contributed by atoms with Crippen molar-refractivity contribution >= 4 is 16.9 Å². The van der Waals surface area contributed by atoms with E-state index >= 15 is 0 Å². The molecule has 8 nitrogen and oxygen atoms in total. The minimum Gasteiger partial charge on any atom is -0.496 e. The van der Waals surface area contributed by atoms with E-state index in [1.807, 2.05) is 39.8 Å². The van der Waals surface area contributed by atoms with Gasteiger partial charge in [0.15, 0.2) is 0 Å². The highest BCUT2D eigenvalue weighted by Gasteiger charge is 2.28. The first-order valence-electron chi connectivity index (χ1n) is 10.7. The van der Waals surface area contributed by atoms with Crippen molar-refractivity contribution in [2.24, 2.45) is 0 Å². The molecule has 1 saturated carbocycles. The number of imidazole rings is 1. The Morgan fingerprint density at radius 1 is 1.12 bits per heavy atom. The van der Waals surface area contributed by atoms with E-state index in [2.05, 4.69) is 34.5 Å². The topological polar surface area (TPSA) is 83.2 Å². The molecule has 1 aliphatic carbocycles. The van der Waals surface area contributed by atoms with Crippen LogP contribution in [-0.4, -0.2) is 45.5 Å². The minimum atomic E-state index is -0.180. The molecule has 0 saturated heterocycles. The van der Waals surface area contributed by atoms with Crippen LogP contribution in [0.4, 0.5) is 0 Å². The zero-order chi connectivity index (χ0) is 22.2. The summed E-state index contributed by atoms with van der Waals surface area (Å²) in [6, 6.07) is 10.1. The fourth-order valence-electron chi connectivity index (χ4n) is 3.83. The van der Waals surface area contributed by atoms with E-state index < -0.39 is 0 Å². The van der Waals surface area contributed by atoms with Crippen LogP contribution in [0.15, 0.2) is 49.1 Å². The molecule has 1 N–H and O–H groups in total. The van der Waals surface area contributed by atoms with Gasteiger partial charge >= 0.3 is 0 Å². The third kappa shape index (κ3) is 3.57. The molecule has 0 spiro atoms. The number of aromatic nitrogens is 4. The summed E-state index contributed by atoms with van der Waals surface area (Å²) in [6.45, 7) is 2.89. The van der Waals surface area contributed by atoms with Gasteiger partial charge in [-0.25, -0.2) is 4.98 Å².